The molecule has 4 nitrogen and oxygen atoms in total. The van der Waals surface area contributed by atoms with Crippen LogP contribution in [0.4, 0.5) is 11.6 Å². The maximum absolute atomic E-state index is 4.85. The molecule has 0 unspecified atom stereocenters. The van der Waals surface area contributed by atoms with Crippen LogP contribution < -0.4 is 10.2 Å². The number of aromatic nitrogens is 2. The van der Waals surface area contributed by atoms with Crippen molar-refractivity contribution in [2.24, 2.45) is 0 Å². The summed E-state index contributed by atoms with van der Waals surface area (Å²) < 4.78 is 0. The first-order chi connectivity index (χ1) is 9.22. The van der Waals surface area contributed by atoms with Crippen molar-refractivity contribution in [3.8, 4) is 0 Å². The van der Waals surface area contributed by atoms with Gasteiger partial charge in [-0.2, -0.15) is 0 Å². The predicted octanol–water partition coefficient (Wildman–Crippen LogP) is 3.75. The molecule has 0 bridgehead atoms. The van der Waals surface area contributed by atoms with E-state index >= 15 is 0 Å². The van der Waals surface area contributed by atoms with E-state index < -0.39 is 0 Å². The molecule has 4 heteroatoms. The van der Waals surface area contributed by atoms with Crippen LogP contribution in [0, 0.1) is 6.92 Å². The van der Waals surface area contributed by atoms with Gasteiger partial charge in [0.1, 0.15) is 17.5 Å². The number of nitrogens with one attached hydrogen (secondary N) is 1. The van der Waals surface area contributed by atoms with Crippen molar-refractivity contribution in [1.29, 1.82) is 0 Å². The Morgan fingerprint density at radius 2 is 1.75 bits per heavy atom. The zero-order chi connectivity index (χ0) is 15.5. The number of hydrogen-bond donors (Lipinski definition) is 1. The third kappa shape index (κ3) is 3.62. The lowest BCUT2D eigenvalue weighted by Gasteiger charge is -2.30. The topological polar surface area (TPSA) is 41.1 Å². The van der Waals surface area contributed by atoms with Gasteiger partial charge in [-0.3, -0.25) is 0 Å². The molecule has 0 aromatic carbocycles. The molecule has 0 aliphatic heterocycles. The van der Waals surface area contributed by atoms with Crippen LogP contribution in [-0.2, 0) is 5.41 Å². The first kappa shape index (κ1) is 16.7. The molecule has 114 valence electrons. The Kier molecular flexibility index (Phi) is 5.37. The highest BCUT2D eigenvalue weighted by Gasteiger charge is 2.23. The Bertz CT molecular complexity index is 447. The lowest BCUT2D eigenvalue weighted by Crippen LogP contribution is -2.33. The zero-order valence-electron chi connectivity index (χ0n) is 14.3. The molecule has 0 saturated carbocycles. The second-order valence-electron chi connectivity index (χ2n) is 6.50. The molecular weight excluding hydrogens is 248 g/mol. The summed E-state index contributed by atoms with van der Waals surface area (Å²) >= 11 is 0. The second-order valence-corrected chi connectivity index (χ2v) is 6.50. The summed E-state index contributed by atoms with van der Waals surface area (Å²) in [6.07, 6.45) is 0. The van der Waals surface area contributed by atoms with Crippen LogP contribution in [0.5, 0.6) is 0 Å². The fraction of sp³-hybridized carbons (Fsp3) is 0.750. The molecule has 20 heavy (non-hydrogen) atoms. The average molecular weight is 278 g/mol. The van der Waals surface area contributed by atoms with Crippen LogP contribution >= 0.6 is 0 Å². The van der Waals surface area contributed by atoms with Crippen LogP contribution in [-0.4, -0.2) is 29.1 Å². The summed E-state index contributed by atoms with van der Waals surface area (Å²) in [4.78, 5) is 11.9. The summed E-state index contributed by atoms with van der Waals surface area (Å²) in [5.74, 6) is 2.91. The van der Waals surface area contributed by atoms with Crippen LogP contribution in [0.15, 0.2) is 0 Å². The summed E-state index contributed by atoms with van der Waals surface area (Å²) in [6.45, 7) is 19.1. The van der Waals surface area contributed by atoms with Crippen molar-refractivity contribution in [3.63, 3.8) is 0 Å². The van der Waals surface area contributed by atoms with E-state index in [4.69, 9.17) is 9.97 Å². The minimum atomic E-state index is -0.0526. The molecule has 1 N–H and O–H groups in total. The highest BCUT2D eigenvalue weighted by molar-refractivity contribution is 5.59. The van der Waals surface area contributed by atoms with E-state index in [1.807, 2.05) is 0 Å². The molecule has 0 saturated heterocycles. The molecule has 0 spiro atoms. The SMILES string of the molecule is CCNc1nc(C(C)(C)C)nc(N(CC)C(C)C)c1C. The first-order valence-electron chi connectivity index (χ1n) is 7.61. The van der Waals surface area contributed by atoms with E-state index in [-0.39, 0.29) is 5.41 Å². The molecule has 0 aliphatic carbocycles. The van der Waals surface area contributed by atoms with Gasteiger partial charge in [-0.25, -0.2) is 9.97 Å². The quantitative estimate of drug-likeness (QED) is 0.890. The molecule has 0 fully saturated rings. The number of hydrogen-bond acceptors (Lipinski definition) is 4. The largest absolute Gasteiger partial charge is 0.370 e. The first-order valence-corrected chi connectivity index (χ1v) is 7.61. The molecule has 1 aromatic rings. The van der Waals surface area contributed by atoms with E-state index in [1.54, 1.807) is 0 Å². The van der Waals surface area contributed by atoms with Crippen molar-refractivity contribution in [2.45, 2.75) is 66.8 Å². The maximum Gasteiger partial charge on any atom is 0.138 e. The molecule has 0 radical (unpaired) electrons. The summed E-state index contributed by atoms with van der Waals surface area (Å²) in [5, 5.41) is 3.37. The van der Waals surface area contributed by atoms with Crippen molar-refractivity contribution in [3.05, 3.63) is 11.4 Å². The van der Waals surface area contributed by atoms with E-state index in [0.717, 1.165) is 36.1 Å². The molecule has 1 rings (SSSR count). The molecule has 1 aromatic heterocycles. The maximum atomic E-state index is 4.85. The summed E-state index contributed by atoms with van der Waals surface area (Å²) in [5.41, 5.74) is 1.08. The average Bonchev–Trinajstić information content (AvgIpc) is 2.32. The summed E-state index contributed by atoms with van der Waals surface area (Å²) in [7, 11) is 0. The molecule has 0 amide bonds. The van der Waals surface area contributed by atoms with Gasteiger partial charge in [0, 0.05) is 30.1 Å². The molecule has 0 atom stereocenters. The highest BCUT2D eigenvalue weighted by atomic mass is 15.2. The minimum Gasteiger partial charge on any atom is -0.370 e. The highest BCUT2D eigenvalue weighted by Crippen LogP contribution is 2.29. The van der Waals surface area contributed by atoms with Crippen molar-refractivity contribution in [1.82, 2.24) is 9.97 Å². The Morgan fingerprint density at radius 3 is 2.15 bits per heavy atom. The van der Waals surface area contributed by atoms with E-state index in [9.17, 15) is 0 Å². The standard InChI is InChI=1S/C16H30N4/c1-9-17-13-12(5)14(20(10-2)11(3)4)19-15(18-13)16(6,7)8/h11H,9-10H2,1-8H3,(H,17,18,19). The van der Waals surface area contributed by atoms with Crippen molar-refractivity contribution in [2.75, 3.05) is 23.3 Å². The normalized spacial score (nSPS) is 11.8. The lowest BCUT2D eigenvalue weighted by molar-refractivity contribution is 0.542. The van der Waals surface area contributed by atoms with Gasteiger partial charge >= 0.3 is 0 Å². The van der Waals surface area contributed by atoms with Gasteiger partial charge in [-0.05, 0) is 34.6 Å². The number of anilines is 2. The molecule has 1 heterocycles. The Balaban J connectivity index is 3.44. The monoisotopic (exact) mass is 278 g/mol. The van der Waals surface area contributed by atoms with E-state index in [0.29, 0.717) is 6.04 Å². The van der Waals surface area contributed by atoms with Crippen molar-refractivity contribution < 1.29 is 0 Å². The zero-order valence-corrected chi connectivity index (χ0v) is 14.3. The Labute approximate surface area is 124 Å². The van der Waals surface area contributed by atoms with E-state index in [1.165, 1.54) is 0 Å². The Morgan fingerprint density at radius 1 is 1.15 bits per heavy atom. The third-order valence-electron chi connectivity index (χ3n) is 3.37. The van der Waals surface area contributed by atoms with Gasteiger partial charge in [0.2, 0.25) is 0 Å². The van der Waals surface area contributed by atoms with Crippen LogP contribution in [0.25, 0.3) is 0 Å². The van der Waals surface area contributed by atoms with Gasteiger partial charge in [-0.1, -0.05) is 20.8 Å². The third-order valence-corrected chi connectivity index (χ3v) is 3.37. The summed E-state index contributed by atoms with van der Waals surface area (Å²) in [6, 6.07) is 0.427. The molecule has 0 aliphatic rings. The fourth-order valence-corrected chi connectivity index (χ4v) is 2.22. The van der Waals surface area contributed by atoms with Crippen molar-refractivity contribution >= 4 is 11.6 Å². The van der Waals surface area contributed by atoms with Gasteiger partial charge in [-0.15, -0.1) is 0 Å². The van der Waals surface area contributed by atoms with Crippen LogP contribution in [0.3, 0.4) is 0 Å². The van der Waals surface area contributed by atoms with E-state index in [2.05, 4.69) is 65.6 Å². The van der Waals surface area contributed by atoms with Gasteiger partial charge in [0.15, 0.2) is 0 Å². The van der Waals surface area contributed by atoms with Gasteiger partial charge < -0.3 is 10.2 Å². The molecular formula is C16H30N4. The predicted molar refractivity (Wildman–Crippen MR) is 87.8 cm³/mol. The second kappa shape index (κ2) is 6.42. The van der Waals surface area contributed by atoms with Crippen LogP contribution in [0.1, 0.15) is 59.9 Å². The number of nitrogens with zero attached hydrogens (tertiary/aromatic N) is 3. The number of rotatable bonds is 5. The van der Waals surface area contributed by atoms with Crippen LogP contribution in [0.2, 0.25) is 0 Å². The van der Waals surface area contributed by atoms with Gasteiger partial charge in [0.05, 0.1) is 0 Å². The Hall–Kier alpha value is -1.32. The smallest absolute Gasteiger partial charge is 0.138 e. The van der Waals surface area contributed by atoms with Gasteiger partial charge in [0.25, 0.3) is 0 Å². The minimum absolute atomic E-state index is 0.0526. The fourth-order valence-electron chi connectivity index (χ4n) is 2.22. The lowest BCUT2D eigenvalue weighted by atomic mass is 9.95.